The molecule has 0 heterocycles. The molecule has 4 unspecified atom stereocenters. The third-order valence-electron chi connectivity index (χ3n) is 5.14. The number of hydrogen-bond donors (Lipinski definition) is 10. The number of nitrogens with one attached hydrogen (secondary N) is 3. The molecule has 14 N–H and O–H groups in total. The van der Waals surface area contributed by atoms with E-state index in [0.717, 1.165) is 0 Å². The molecule has 0 aromatic heterocycles. The number of phenols is 1. The summed E-state index contributed by atoms with van der Waals surface area (Å²) in [5.41, 5.74) is 21.5. The van der Waals surface area contributed by atoms with E-state index in [1.807, 2.05) is 0 Å². The van der Waals surface area contributed by atoms with Crippen LogP contribution in [0.15, 0.2) is 29.3 Å². The highest BCUT2D eigenvalue weighted by Crippen LogP contribution is 2.12. The molecule has 0 saturated heterocycles. The van der Waals surface area contributed by atoms with Gasteiger partial charge in [-0.05, 0) is 30.5 Å². The Kier molecular flexibility index (Phi) is 13.0. The molecular weight excluding hydrogens is 504 g/mol. The number of nitrogens with zero attached hydrogens (tertiary/aromatic N) is 1. The number of aliphatic hydroxyl groups is 1. The first-order valence-corrected chi connectivity index (χ1v) is 11.5. The first-order chi connectivity index (χ1) is 17.8. The van der Waals surface area contributed by atoms with E-state index in [-0.39, 0.29) is 37.5 Å². The normalized spacial score (nSPS) is 13.7. The second kappa shape index (κ2) is 15.6. The van der Waals surface area contributed by atoms with Crippen molar-refractivity contribution in [2.24, 2.45) is 27.9 Å². The van der Waals surface area contributed by atoms with E-state index in [4.69, 9.17) is 22.9 Å². The van der Waals surface area contributed by atoms with E-state index in [1.165, 1.54) is 24.3 Å². The standard InChI is InChI=1S/C22H34N8O8/c23-13(9-17(24)33)18(34)30-16(10-31)20(36)29-15(8-11-3-5-12(32)6-4-11)19(35)28-14(21(37)38)2-1-7-27-22(25)26/h3-6,13-16,31-32H,1-2,7-10,23H2,(H2,24,33)(H,28,35)(H,29,36)(H,30,34)(H,37,38)(H4,25,26,27). The smallest absolute Gasteiger partial charge is 0.326 e. The van der Waals surface area contributed by atoms with E-state index in [0.29, 0.717) is 5.56 Å². The minimum atomic E-state index is -1.55. The topological polar surface area (TPSA) is 299 Å². The van der Waals surface area contributed by atoms with Crippen LogP contribution < -0.4 is 38.9 Å². The molecule has 0 fully saturated rings. The monoisotopic (exact) mass is 538 g/mol. The molecule has 1 aromatic carbocycles. The molecule has 1 aromatic rings. The zero-order valence-electron chi connectivity index (χ0n) is 20.5. The predicted octanol–water partition coefficient (Wildman–Crippen LogP) is -4.28. The number of benzene rings is 1. The van der Waals surface area contributed by atoms with Crippen LogP contribution in [0.5, 0.6) is 5.75 Å². The number of carboxylic acid groups (broad SMARTS) is 1. The van der Waals surface area contributed by atoms with Gasteiger partial charge >= 0.3 is 5.97 Å². The maximum atomic E-state index is 13.0. The van der Waals surface area contributed by atoms with Gasteiger partial charge in [0.2, 0.25) is 23.6 Å². The Balaban J connectivity index is 3.03. The van der Waals surface area contributed by atoms with Gasteiger partial charge in [0.25, 0.3) is 0 Å². The van der Waals surface area contributed by atoms with Gasteiger partial charge < -0.3 is 54.2 Å². The van der Waals surface area contributed by atoms with Crippen molar-refractivity contribution < 1.29 is 39.3 Å². The molecule has 0 aliphatic carbocycles. The number of nitrogens with two attached hydrogens (primary N) is 4. The number of carboxylic acids is 1. The lowest BCUT2D eigenvalue weighted by Crippen LogP contribution is -2.58. The molecule has 1 rings (SSSR count). The van der Waals surface area contributed by atoms with Crippen LogP contribution in [0.2, 0.25) is 0 Å². The number of carbonyl (C=O) groups is 5. The number of carbonyl (C=O) groups excluding carboxylic acids is 4. The van der Waals surface area contributed by atoms with Crippen molar-refractivity contribution in [2.75, 3.05) is 13.2 Å². The van der Waals surface area contributed by atoms with Crippen molar-refractivity contribution in [3.63, 3.8) is 0 Å². The average molecular weight is 539 g/mol. The predicted molar refractivity (Wildman–Crippen MR) is 134 cm³/mol. The van der Waals surface area contributed by atoms with E-state index in [9.17, 15) is 39.3 Å². The Hall–Kier alpha value is -4.44. The van der Waals surface area contributed by atoms with Crippen molar-refractivity contribution in [3.05, 3.63) is 29.8 Å². The molecule has 0 aliphatic heterocycles. The third kappa shape index (κ3) is 11.5. The number of aliphatic hydroxyl groups excluding tert-OH is 1. The molecule has 4 amide bonds. The molecule has 0 spiro atoms. The maximum Gasteiger partial charge on any atom is 0.326 e. The number of aliphatic imine (C=N–C) groups is 1. The molecular formula is C22H34N8O8. The number of rotatable bonds is 16. The van der Waals surface area contributed by atoms with Gasteiger partial charge in [-0.1, -0.05) is 12.1 Å². The third-order valence-corrected chi connectivity index (χ3v) is 5.14. The van der Waals surface area contributed by atoms with Crippen molar-refractivity contribution in [1.82, 2.24) is 16.0 Å². The molecule has 0 bridgehead atoms. The van der Waals surface area contributed by atoms with Gasteiger partial charge in [-0.25, -0.2) is 4.79 Å². The zero-order valence-corrected chi connectivity index (χ0v) is 20.5. The van der Waals surface area contributed by atoms with Crippen LogP contribution in [-0.2, 0) is 30.4 Å². The van der Waals surface area contributed by atoms with E-state index < -0.39 is 66.8 Å². The second-order valence-electron chi connectivity index (χ2n) is 8.30. The number of aromatic hydroxyl groups is 1. The highest BCUT2D eigenvalue weighted by Gasteiger charge is 2.30. The summed E-state index contributed by atoms with van der Waals surface area (Å²) >= 11 is 0. The number of primary amides is 1. The Labute approximate surface area is 217 Å². The molecule has 210 valence electrons. The van der Waals surface area contributed by atoms with Gasteiger partial charge in [-0.3, -0.25) is 24.2 Å². The van der Waals surface area contributed by atoms with Crippen LogP contribution in [0.25, 0.3) is 0 Å². The first-order valence-electron chi connectivity index (χ1n) is 11.5. The summed E-state index contributed by atoms with van der Waals surface area (Å²) in [7, 11) is 0. The minimum absolute atomic E-state index is 0.0230. The van der Waals surface area contributed by atoms with Gasteiger partial charge in [0.15, 0.2) is 5.96 Å². The van der Waals surface area contributed by atoms with E-state index in [2.05, 4.69) is 20.9 Å². The van der Waals surface area contributed by atoms with Gasteiger partial charge in [0.1, 0.15) is 23.9 Å². The molecule has 0 saturated carbocycles. The minimum Gasteiger partial charge on any atom is -0.508 e. The van der Waals surface area contributed by atoms with Crippen LogP contribution in [0.1, 0.15) is 24.8 Å². The van der Waals surface area contributed by atoms with Gasteiger partial charge in [-0.15, -0.1) is 0 Å². The molecule has 0 aliphatic rings. The van der Waals surface area contributed by atoms with Crippen LogP contribution >= 0.6 is 0 Å². The summed E-state index contributed by atoms with van der Waals surface area (Å²) in [5.74, 6) is -5.18. The Morgan fingerprint density at radius 2 is 1.42 bits per heavy atom. The molecule has 16 nitrogen and oxygen atoms in total. The van der Waals surface area contributed by atoms with Crippen LogP contribution in [0.4, 0.5) is 0 Å². The van der Waals surface area contributed by atoms with Crippen LogP contribution in [0, 0.1) is 0 Å². The number of hydrogen-bond acceptors (Lipinski definition) is 9. The summed E-state index contributed by atoms with van der Waals surface area (Å²) in [5, 5.41) is 35.5. The van der Waals surface area contributed by atoms with E-state index in [1.54, 1.807) is 0 Å². The van der Waals surface area contributed by atoms with Crippen molar-refractivity contribution in [1.29, 1.82) is 0 Å². The lowest BCUT2D eigenvalue weighted by Gasteiger charge is -2.24. The van der Waals surface area contributed by atoms with Crippen LogP contribution in [0.3, 0.4) is 0 Å². The maximum absolute atomic E-state index is 13.0. The fraction of sp³-hybridized carbons (Fsp3) is 0.455. The fourth-order valence-electron chi connectivity index (χ4n) is 3.16. The highest BCUT2D eigenvalue weighted by atomic mass is 16.4. The van der Waals surface area contributed by atoms with Crippen LogP contribution in [-0.4, -0.2) is 88.2 Å². The molecule has 16 heteroatoms. The SMILES string of the molecule is NC(=O)CC(N)C(=O)NC(CO)C(=O)NC(Cc1ccc(O)cc1)C(=O)NC(CCCN=C(N)N)C(=O)O. The number of amides is 4. The summed E-state index contributed by atoms with van der Waals surface area (Å²) in [6.07, 6.45) is -0.429. The van der Waals surface area contributed by atoms with Crippen molar-refractivity contribution in [2.45, 2.75) is 49.9 Å². The lowest BCUT2D eigenvalue weighted by atomic mass is 10.0. The molecule has 4 atom stereocenters. The summed E-state index contributed by atoms with van der Waals surface area (Å²) in [4.78, 5) is 64.4. The number of aliphatic carboxylic acids is 1. The second-order valence-corrected chi connectivity index (χ2v) is 8.30. The van der Waals surface area contributed by atoms with Gasteiger partial charge in [0, 0.05) is 13.0 Å². The zero-order chi connectivity index (χ0) is 28.8. The summed E-state index contributed by atoms with van der Waals surface area (Å²) < 4.78 is 0. The molecule has 38 heavy (non-hydrogen) atoms. The summed E-state index contributed by atoms with van der Waals surface area (Å²) in [6.45, 7) is -0.748. The number of phenolic OH excluding ortho intramolecular Hbond substituents is 1. The van der Waals surface area contributed by atoms with Crippen molar-refractivity contribution in [3.8, 4) is 5.75 Å². The first kappa shape index (κ1) is 31.6. The average Bonchev–Trinajstić information content (AvgIpc) is 2.84. The largest absolute Gasteiger partial charge is 0.508 e. The Morgan fingerprint density at radius 1 is 0.868 bits per heavy atom. The highest BCUT2D eigenvalue weighted by molar-refractivity contribution is 5.95. The van der Waals surface area contributed by atoms with Gasteiger partial charge in [0.05, 0.1) is 19.1 Å². The number of guanidine groups is 1. The Morgan fingerprint density at radius 3 is 1.95 bits per heavy atom. The Bertz CT molecular complexity index is 1010. The fourth-order valence-corrected chi connectivity index (χ4v) is 3.16. The van der Waals surface area contributed by atoms with Gasteiger partial charge in [-0.2, -0.15) is 0 Å². The van der Waals surface area contributed by atoms with Crippen molar-refractivity contribution >= 4 is 35.6 Å². The lowest BCUT2D eigenvalue weighted by molar-refractivity contribution is -0.142. The quantitative estimate of drug-likeness (QED) is 0.0545. The summed E-state index contributed by atoms with van der Waals surface area (Å²) in [6, 6.07) is 0.0686. The van der Waals surface area contributed by atoms with E-state index >= 15 is 0 Å². The molecule has 0 radical (unpaired) electrons.